The molecule has 1 aromatic carbocycles. The fourth-order valence-electron chi connectivity index (χ4n) is 2.08. The summed E-state index contributed by atoms with van der Waals surface area (Å²) in [4.78, 5) is 11.7. The van der Waals surface area contributed by atoms with E-state index < -0.39 is 0 Å². The molecule has 1 aliphatic rings. The largest absolute Gasteiger partial charge is 0.337 e. The van der Waals surface area contributed by atoms with Gasteiger partial charge in [-0.05, 0) is 50.3 Å². The van der Waals surface area contributed by atoms with E-state index in [0.29, 0.717) is 6.54 Å². The van der Waals surface area contributed by atoms with E-state index in [9.17, 15) is 4.79 Å². The van der Waals surface area contributed by atoms with Crippen LogP contribution in [0.3, 0.4) is 0 Å². The third-order valence-corrected chi connectivity index (χ3v) is 3.57. The van der Waals surface area contributed by atoms with Gasteiger partial charge in [-0.25, -0.2) is 4.79 Å². The zero-order valence-electron chi connectivity index (χ0n) is 10.8. The first-order chi connectivity index (χ1) is 8.63. The maximum Gasteiger partial charge on any atom is 0.319 e. The second-order valence-corrected chi connectivity index (χ2v) is 5.21. The lowest BCUT2D eigenvalue weighted by Crippen LogP contribution is -2.34. The van der Waals surface area contributed by atoms with Crippen LogP contribution in [0, 0.1) is 12.3 Å². The highest BCUT2D eigenvalue weighted by molar-refractivity contribution is 5.89. The van der Waals surface area contributed by atoms with E-state index in [1.54, 1.807) is 0 Å². The van der Waals surface area contributed by atoms with Gasteiger partial charge in [0.1, 0.15) is 0 Å². The number of amides is 2. The molecular weight excluding hydrogens is 226 g/mol. The summed E-state index contributed by atoms with van der Waals surface area (Å²) >= 11 is 0. The van der Waals surface area contributed by atoms with E-state index >= 15 is 0 Å². The lowest BCUT2D eigenvalue weighted by atomic mass is 10.0. The molecule has 1 aromatic rings. The second kappa shape index (κ2) is 5.40. The molecule has 98 valence electrons. The molecule has 0 unspecified atom stereocenters. The Morgan fingerprint density at radius 1 is 1.33 bits per heavy atom. The number of hydrogen-bond acceptors (Lipinski definition) is 2. The number of nitrogens with two attached hydrogens (primary N) is 1. The van der Waals surface area contributed by atoms with Gasteiger partial charge in [-0.1, -0.05) is 17.7 Å². The zero-order chi connectivity index (χ0) is 13.0. The quantitative estimate of drug-likeness (QED) is 0.747. The number of anilines is 1. The second-order valence-electron chi connectivity index (χ2n) is 5.21. The third-order valence-electron chi connectivity index (χ3n) is 3.57. The summed E-state index contributed by atoms with van der Waals surface area (Å²) < 4.78 is 0. The number of hydrogen-bond donors (Lipinski definition) is 3. The van der Waals surface area contributed by atoms with Crippen LogP contribution in [0.25, 0.3) is 0 Å². The fourth-order valence-corrected chi connectivity index (χ4v) is 2.08. The summed E-state index contributed by atoms with van der Waals surface area (Å²) in [7, 11) is 0. The summed E-state index contributed by atoms with van der Waals surface area (Å²) in [6.07, 6.45) is 3.35. The van der Waals surface area contributed by atoms with Crippen molar-refractivity contribution in [3.63, 3.8) is 0 Å². The van der Waals surface area contributed by atoms with Crippen molar-refractivity contribution in [1.29, 1.82) is 0 Å². The molecule has 0 radical (unpaired) electrons. The average Bonchev–Trinajstić information content (AvgIpc) is 3.11. The number of nitrogens with one attached hydrogen (secondary N) is 2. The Bertz CT molecular complexity index is 410. The van der Waals surface area contributed by atoms with Crippen molar-refractivity contribution in [3.8, 4) is 0 Å². The van der Waals surface area contributed by atoms with E-state index in [1.807, 2.05) is 31.2 Å². The van der Waals surface area contributed by atoms with Crippen molar-refractivity contribution >= 4 is 11.7 Å². The lowest BCUT2D eigenvalue weighted by Gasteiger charge is -2.15. The van der Waals surface area contributed by atoms with Crippen molar-refractivity contribution in [1.82, 2.24) is 5.32 Å². The minimum Gasteiger partial charge on any atom is -0.337 e. The van der Waals surface area contributed by atoms with Gasteiger partial charge in [-0.15, -0.1) is 0 Å². The molecule has 18 heavy (non-hydrogen) atoms. The summed E-state index contributed by atoms with van der Waals surface area (Å²) in [5.41, 5.74) is 7.85. The molecule has 0 bridgehead atoms. The van der Waals surface area contributed by atoms with Gasteiger partial charge < -0.3 is 16.4 Å². The van der Waals surface area contributed by atoms with E-state index in [-0.39, 0.29) is 11.4 Å². The molecule has 0 aliphatic heterocycles. The highest BCUT2D eigenvalue weighted by Gasteiger charge is 2.41. The van der Waals surface area contributed by atoms with Gasteiger partial charge in [-0.3, -0.25) is 0 Å². The molecule has 0 heterocycles. The maximum atomic E-state index is 11.7. The van der Waals surface area contributed by atoms with Crippen LogP contribution < -0.4 is 16.4 Å². The summed E-state index contributed by atoms with van der Waals surface area (Å²) in [5, 5.41) is 5.76. The Hall–Kier alpha value is -1.55. The van der Waals surface area contributed by atoms with Crippen LogP contribution in [0.1, 0.15) is 24.8 Å². The molecule has 4 N–H and O–H groups in total. The summed E-state index contributed by atoms with van der Waals surface area (Å²) in [6.45, 7) is 3.44. The molecule has 2 rings (SSSR count). The van der Waals surface area contributed by atoms with Crippen molar-refractivity contribution in [2.75, 3.05) is 18.4 Å². The van der Waals surface area contributed by atoms with E-state index in [0.717, 1.165) is 18.7 Å². The minimum atomic E-state index is -0.137. The van der Waals surface area contributed by atoms with E-state index in [1.165, 1.54) is 18.4 Å². The smallest absolute Gasteiger partial charge is 0.319 e. The molecule has 0 saturated heterocycles. The number of aryl methyl sites for hydroxylation is 1. The number of carbonyl (C=O) groups is 1. The molecule has 0 spiro atoms. The Kier molecular flexibility index (Phi) is 3.87. The van der Waals surface area contributed by atoms with E-state index in [2.05, 4.69) is 10.6 Å². The first-order valence-corrected chi connectivity index (χ1v) is 6.45. The van der Waals surface area contributed by atoms with Crippen LogP contribution in [-0.2, 0) is 0 Å². The Morgan fingerprint density at radius 2 is 2.00 bits per heavy atom. The van der Waals surface area contributed by atoms with Crippen molar-refractivity contribution in [3.05, 3.63) is 29.8 Å². The average molecular weight is 247 g/mol. The number of urea groups is 1. The van der Waals surface area contributed by atoms with Gasteiger partial charge >= 0.3 is 6.03 Å². The molecular formula is C14H21N3O. The predicted molar refractivity (Wildman–Crippen MR) is 73.5 cm³/mol. The van der Waals surface area contributed by atoms with Crippen LogP contribution >= 0.6 is 0 Å². The Morgan fingerprint density at radius 3 is 2.56 bits per heavy atom. The molecule has 0 atom stereocenters. The molecule has 2 amide bonds. The standard InChI is InChI=1S/C14H21N3O/c1-11-2-4-12(5-3-11)17-13(18)16-10-14(6-7-14)8-9-15/h2-5H,6-10,15H2,1H3,(H2,16,17,18). The topological polar surface area (TPSA) is 67.2 Å². The van der Waals surface area contributed by atoms with Crippen LogP contribution in [0.15, 0.2) is 24.3 Å². The molecule has 1 saturated carbocycles. The molecule has 4 heteroatoms. The SMILES string of the molecule is Cc1ccc(NC(=O)NCC2(CCN)CC2)cc1. The summed E-state index contributed by atoms with van der Waals surface area (Å²) in [5.74, 6) is 0. The van der Waals surface area contributed by atoms with Crippen molar-refractivity contribution in [2.24, 2.45) is 11.1 Å². The molecule has 4 nitrogen and oxygen atoms in total. The number of rotatable bonds is 5. The highest BCUT2D eigenvalue weighted by Crippen LogP contribution is 2.47. The third kappa shape index (κ3) is 3.47. The van der Waals surface area contributed by atoms with Crippen LogP contribution in [0.2, 0.25) is 0 Å². The van der Waals surface area contributed by atoms with Gasteiger partial charge in [0, 0.05) is 12.2 Å². The minimum absolute atomic E-state index is 0.137. The molecule has 0 aromatic heterocycles. The molecule has 1 fully saturated rings. The van der Waals surface area contributed by atoms with Gasteiger partial charge in [0.2, 0.25) is 0 Å². The maximum absolute atomic E-state index is 11.7. The van der Waals surface area contributed by atoms with Crippen LogP contribution in [0.5, 0.6) is 0 Å². The van der Waals surface area contributed by atoms with Crippen LogP contribution in [0.4, 0.5) is 10.5 Å². The Balaban J connectivity index is 1.77. The number of carbonyl (C=O) groups excluding carboxylic acids is 1. The normalized spacial score (nSPS) is 16.1. The fraction of sp³-hybridized carbons (Fsp3) is 0.500. The van der Waals surface area contributed by atoms with E-state index in [4.69, 9.17) is 5.73 Å². The highest BCUT2D eigenvalue weighted by atomic mass is 16.2. The van der Waals surface area contributed by atoms with Gasteiger partial charge in [-0.2, -0.15) is 0 Å². The van der Waals surface area contributed by atoms with Gasteiger partial charge in [0.25, 0.3) is 0 Å². The monoisotopic (exact) mass is 247 g/mol. The zero-order valence-corrected chi connectivity index (χ0v) is 10.8. The first-order valence-electron chi connectivity index (χ1n) is 6.45. The first kappa shape index (κ1) is 12.9. The van der Waals surface area contributed by atoms with Crippen molar-refractivity contribution in [2.45, 2.75) is 26.2 Å². The van der Waals surface area contributed by atoms with Gasteiger partial charge in [0.05, 0.1) is 0 Å². The summed E-state index contributed by atoms with van der Waals surface area (Å²) in [6, 6.07) is 7.63. The molecule has 1 aliphatic carbocycles. The predicted octanol–water partition coefficient (Wildman–Crippen LogP) is 2.25. The van der Waals surface area contributed by atoms with Crippen LogP contribution in [-0.4, -0.2) is 19.1 Å². The number of benzene rings is 1. The Labute approximate surface area is 108 Å². The van der Waals surface area contributed by atoms with Crippen molar-refractivity contribution < 1.29 is 4.79 Å². The lowest BCUT2D eigenvalue weighted by molar-refractivity contribution is 0.249. The van der Waals surface area contributed by atoms with Gasteiger partial charge in [0.15, 0.2) is 0 Å².